The van der Waals surface area contributed by atoms with Crippen molar-refractivity contribution in [3.8, 4) is 22.8 Å². The van der Waals surface area contributed by atoms with Gasteiger partial charge in [-0.25, -0.2) is 15.0 Å². The SMILES string of the molecule is Cc1coc(-c2cc(-c3ccc(Cl)c(Cl)c3)nc(C)n2)n1. The first-order chi connectivity index (χ1) is 10.0. The molecule has 0 bridgehead atoms. The third-order valence-corrected chi connectivity index (χ3v) is 3.63. The van der Waals surface area contributed by atoms with Crippen LogP contribution in [-0.2, 0) is 0 Å². The average molecular weight is 320 g/mol. The fraction of sp³-hybridized carbons (Fsp3) is 0.133. The third-order valence-electron chi connectivity index (χ3n) is 2.89. The maximum Gasteiger partial charge on any atom is 0.245 e. The number of nitrogens with zero attached hydrogens (tertiary/aromatic N) is 3. The molecule has 0 spiro atoms. The molecule has 0 saturated carbocycles. The smallest absolute Gasteiger partial charge is 0.245 e. The Morgan fingerprint density at radius 1 is 0.905 bits per heavy atom. The maximum atomic E-state index is 6.06. The number of halogens is 2. The number of hydrogen-bond donors (Lipinski definition) is 0. The summed E-state index contributed by atoms with van der Waals surface area (Å²) in [5, 5.41) is 0.994. The molecule has 2 heterocycles. The van der Waals surface area contributed by atoms with Crippen molar-refractivity contribution >= 4 is 23.2 Å². The van der Waals surface area contributed by atoms with Gasteiger partial charge in [-0.15, -0.1) is 0 Å². The second-order valence-electron chi connectivity index (χ2n) is 4.61. The predicted octanol–water partition coefficient (Wildman–Crippen LogP) is 4.72. The van der Waals surface area contributed by atoms with Crippen LogP contribution < -0.4 is 0 Å². The molecule has 0 saturated heterocycles. The van der Waals surface area contributed by atoms with Crippen molar-refractivity contribution in [1.82, 2.24) is 15.0 Å². The summed E-state index contributed by atoms with van der Waals surface area (Å²) in [5.41, 5.74) is 3.04. The minimum absolute atomic E-state index is 0.472. The van der Waals surface area contributed by atoms with Gasteiger partial charge in [-0.05, 0) is 32.0 Å². The van der Waals surface area contributed by atoms with E-state index >= 15 is 0 Å². The average Bonchev–Trinajstić information content (AvgIpc) is 2.88. The molecule has 0 fully saturated rings. The van der Waals surface area contributed by atoms with Crippen molar-refractivity contribution in [2.24, 2.45) is 0 Å². The molecule has 1 aromatic carbocycles. The van der Waals surface area contributed by atoms with E-state index in [1.54, 1.807) is 18.4 Å². The van der Waals surface area contributed by atoms with Crippen LogP contribution in [0.15, 0.2) is 34.9 Å². The zero-order valence-electron chi connectivity index (χ0n) is 11.4. The van der Waals surface area contributed by atoms with Gasteiger partial charge in [-0.1, -0.05) is 29.3 Å². The molecule has 4 nitrogen and oxygen atoms in total. The second kappa shape index (κ2) is 5.47. The highest BCUT2D eigenvalue weighted by molar-refractivity contribution is 6.42. The Morgan fingerprint density at radius 2 is 1.67 bits per heavy atom. The molecule has 0 aliphatic rings. The highest BCUT2D eigenvalue weighted by Gasteiger charge is 2.11. The van der Waals surface area contributed by atoms with Gasteiger partial charge in [0.15, 0.2) is 0 Å². The Bertz CT molecular complexity index is 814. The number of hydrogen-bond acceptors (Lipinski definition) is 4. The fourth-order valence-corrected chi connectivity index (χ4v) is 2.25. The van der Waals surface area contributed by atoms with E-state index in [-0.39, 0.29) is 0 Å². The molecule has 0 aliphatic carbocycles. The summed E-state index contributed by atoms with van der Waals surface area (Å²) in [5.74, 6) is 1.10. The van der Waals surface area contributed by atoms with E-state index in [0.29, 0.717) is 27.5 Å². The van der Waals surface area contributed by atoms with Crippen molar-refractivity contribution < 1.29 is 4.42 Å². The van der Waals surface area contributed by atoms with Gasteiger partial charge in [-0.3, -0.25) is 0 Å². The molecule has 3 aromatic rings. The van der Waals surface area contributed by atoms with Crippen molar-refractivity contribution in [3.63, 3.8) is 0 Å². The molecule has 0 N–H and O–H groups in total. The molecule has 3 rings (SSSR count). The Morgan fingerprint density at radius 3 is 2.33 bits per heavy atom. The van der Waals surface area contributed by atoms with Crippen LogP contribution in [0.5, 0.6) is 0 Å². The van der Waals surface area contributed by atoms with Crippen LogP contribution in [0, 0.1) is 13.8 Å². The van der Waals surface area contributed by atoms with Crippen LogP contribution >= 0.6 is 23.2 Å². The van der Waals surface area contributed by atoms with E-state index in [2.05, 4.69) is 15.0 Å². The molecule has 0 radical (unpaired) electrons. The molecule has 0 atom stereocenters. The summed E-state index contributed by atoms with van der Waals surface area (Å²) in [6.07, 6.45) is 1.59. The summed E-state index contributed by atoms with van der Waals surface area (Å²) in [6, 6.07) is 7.19. The standard InChI is InChI=1S/C15H11Cl2N3O/c1-8-7-21-15(18-8)14-6-13(19-9(2)20-14)10-3-4-11(16)12(17)5-10/h3-7H,1-2H3. The van der Waals surface area contributed by atoms with Crippen LogP contribution in [0.2, 0.25) is 10.0 Å². The number of oxazole rings is 1. The topological polar surface area (TPSA) is 51.8 Å². The molecule has 6 heteroatoms. The van der Waals surface area contributed by atoms with Crippen LogP contribution in [-0.4, -0.2) is 15.0 Å². The monoisotopic (exact) mass is 319 g/mol. The number of rotatable bonds is 2. The lowest BCUT2D eigenvalue weighted by Crippen LogP contribution is -1.95. The molecule has 21 heavy (non-hydrogen) atoms. The van der Waals surface area contributed by atoms with Crippen molar-refractivity contribution in [2.45, 2.75) is 13.8 Å². The van der Waals surface area contributed by atoms with Crippen molar-refractivity contribution in [1.29, 1.82) is 0 Å². The zero-order valence-corrected chi connectivity index (χ0v) is 12.9. The lowest BCUT2D eigenvalue weighted by Gasteiger charge is -2.05. The summed E-state index contributed by atoms with van der Waals surface area (Å²) in [7, 11) is 0. The third kappa shape index (κ3) is 2.91. The van der Waals surface area contributed by atoms with Crippen molar-refractivity contribution in [3.05, 3.63) is 52.1 Å². The Kier molecular flexibility index (Phi) is 3.66. The summed E-state index contributed by atoms with van der Waals surface area (Å²) >= 11 is 12.0. The van der Waals surface area contributed by atoms with E-state index in [1.165, 1.54) is 0 Å². The normalized spacial score (nSPS) is 10.9. The number of aromatic nitrogens is 3. The van der Waals surface area contributed by atoms with E-state index in [4.69, 9.17) is 27.6 Å². The van der Waals surface area contributed by atoms with Gasteiger partial charge in [-0.2, -0.15) is 0 Å². The van der Waals surface area contributed by atoms with Gasteiger partial charge in [0.05, 0.1) is 21.4 Å². The predicted molar refractivity (Wildman–Crippen MR) is 82.5 cm³/mol. The van der Waals surface area contributed by atoms with E-state index in [9.17, 15) is 0 Å². The maximum absolute atomic E-state index is 6.06. The lowest BCUT2D eigenvalue weighted by molar-refractivity contribution is 0.570. The minimum Gasteiger partial charge on any atom is -0.443 e. The highest BCUT2D eigenvalue weighted by Crippen LogP contribution is 2.29. The Labute approximate surface area is 131 Å². The van der Waals surface area contributed by atoms with Crippen LogP contribution in [0.4, 0.5) is 0 Å². The first kappa shape index (κ1) is 14.0. The molecule has 0 aliphatic heterocycles. The van der Waals surface area contributed by atoms with E-state index in [0.717, 1.165) is 17.0 Å². The van der Waals surface area contributed by atoms with Gasteiger partial charge in [0.2, 0.25) is 5.89 Å². The number of aryl methyl sites for hydroxylation is 2. The van der Waals surface area contributed by atoms with Gasteiger partial charge in [0.25, 0.3) is 0 Å². The van der Waals surface area contributed by atoms with Crippen LogP contribution in [0.1, 0.15) is 11.5 Å². The first-order valence-corrected chi connectivity index (χ1v) is 7.02. The Hall–Kier alpha value is -1.91. The van der Waals surface area contributed by atoms with Gasteiger partial charge in [0, 0.05) is 5.56 Å². The molecule has 0 amide bonds. The molecule has 106 valence electrons. The lowest BCUT2D eigenvalue weighted by atomic mass is 10.1. The van der Waals surface area contributed by atoms with Gasteiger partial charge in [0.1, 0.15) is 17.8 Å². The van der Waals surface area contributed by atoms with Crippen LogP contribution in [0.3, 0.4) is 0 Å². The Balaban J connectivity index is 2.11. The summed E-state index contributed by atoms with van der Waals surface area (Å²) in [6.45, 7) is 3.68. The molecule has 2 aromatic heterocycles. The number of benzene rings is 1. The quantitative estimate of drug-likeness (QED) is 0.685. The molecular weight excluding hydrogens is 309 g/mol. The first-order valence-electron chi connectivity index (χ1n) is 6.26. The van der Waals surface area contributed by atoms with Gasteiger partial charge < -0.3 is 4.42 Å². The van der Waals surface area contributed by atoms with E-state index in [1.807, 2.05) is 26.0 Å². The summed E-state index contributed by atoms with van der Waals surface area (Å²) < 4.78 is 5.39. The molecular formula is C15H11Cl2N3O. The highest BCUT2D eigenvalue weighted by atomic mass is 35.5. The van der Waals surface area contributed by atoms with Crippen LogP contribution in [0.25, 0.3) is 22.8 Å². The van der Waals surface area contributed by atoms with Crippen molar-refractivity contribution in [2.75, 3.05) is 0 Å². The summed E-state index contributed by atoms with van der Waals surface area (Å²) in [4.78, 5) is 13.1. The minimum atomic E-state index is 0.472. The van der Waals surface area contributed by atoms with Gasteiger partial charge >= 0.3 is 0 Å². The molecule has 0 unspecified atom stereocenters. The fourth-order valence-electron chi connectivity index (χ4n) is 1.95. The van der Waals surface area contributed by atoms with E-state index < -0.39 is 0 Å². The zero-order chi connectivity index (χ0) is 15.0. The largest absolute Gasteiger partial charge is 0.443 e. The second-order valence-corrected chi connectivity index (χ2v) is 5.42.